The molecule has 0 aromatic heterocycles. The molecule has 3 heteroatoms. The molecule has 1 aliphatic rings. The van der Waals surface area contributed by atoms with Crippen LogP contribution in [-0.2, 0) is 4.79 Å². The molecule has 1 aliphatic carbocycles. The number of hydrogen-bond donors (Lipinski definition) is 2. The second-order valence-electron chi connectivity index (χ2n) is 5.93. The van der Waals surface area contributed by atoms with Crippen molar-refractivity contribution in [2.24, 2.45) is 17.6 Å². The first-order valence-electron chi connectivity index (χ1n) is 7.66. The summed E-state index contributed by atoms with van der Waals surface area (Å²) < 4.78 is 0. The maximum absolute atomic E-state index is 12.2. The van der Waals surface area contributed by atoms with E-state index in [0.29, 0.717) is 0 Å². The van der Waals surface area contributed by atoms with Crippen LogP contribution in [0.1, 0.15) is 65.2 Å². The Morgan fingerprint density at radius 3 is 2.56 bits per heavy atom. The van der Waals surface area contributed by atoms with E-state index < -0.39 is 0 Å². The molecule has 3 nitrogen and oxygen atoms in total. The Morgan fingerprint density at radius 2 is 2.00 bits per heavy atom. The van der Waals surface area contributed by atoms with Gasteiger partial charge in [-0.3, -0.25) is 4.79 Å². The zero-order valence-electron chi connectivity index (χ0n) is 12.1. The van der Waals surface area contributed by atoms with Crippen LogP contribution in [0.3, 0.4) is 0 Å². The molecule has 0 heterocycles. The lowest BCUT2D eigenvalue weighted by Gasteiger charge is -2.20. The lowest BCUT2D eigenvalue weighted by atomic mass is 9.89. The summed E-state index contributed by atoms with van der Waals surface area (Å²) in [6, 6.07) is 0.171. The van der Waals surface area contributed by atoms with Crippen molar-refractivity contribution < 1.29 is 4.79 Å². The van der Waals surface area contributed by atoms with E-state index in [1.807, 2.05) is 6.92 Å². The average Bonchev–Trinajstić information content (AvgIpc) is 2.80. The van der Waals surface area contributed by atoms with Gasteiger partial charge in [0.1, 0.15) is 0 Å². The van der Waals surface area contributed by atoms with Gasteiger partial charge in [-0.1, -0.05) is 39.0 Å². The summed E-state index contributed by atoms with van der Waals surface area (Å²) in [5.74, 6) is 1.27. The smallest absolute Gasteiger partial charge is 0.223 e. The standard InChI is InChI=1S/C15H30N2O/c1-3-6-14(11-13-7-4-5-8-13)15(18)17-10-9-12(2)16/h12-14H,3-11,16H2,1-2H3,(H,17,18). The molecule has 2 atom stereocenters. The molecule has 3 N–H and O–H groups in total. The van der Waals surface area contributed by atoms with Gasteiger partial charge in [0, 0.05) is 18.5 Å². The molecule has 0 aliphatic heterocycles. The summed E-state index contributed by atoms with van der Waals surface area (Å²) in [6.07, 6.45) is 9.46. The van der Waals surface area contributed by atoms with Gasteiger partial charge in [0.25, 0.3) is 0 Å². The van der Waals surface area contributed by atoms with Gasteiger partial charge in [-0.25, -0.2) is 0 Å². The van der Waals surface area contributed by atoms with Crippen LogP contribution in [-0.4, -0.2) is 18.5 Å². The Hall–Kier alpha value is -0.570. The topological polar surface area (TPSA) is 55.1 Å². The molecule has 0 radical (unpaired) electrons. The summed E-state index contributed by atoms with van der Waals surface area (Å²) in [4.78, 5) is 12.2. The summed E-state index contributed by atoms with van der Waals surface area (Å²) in [5, 5.41) is 3.05. The highest BCUT2D eigenvalue weighted by molar-refractivity contribution is 5.78. The lowest BCUT2D eigenvalue weighted by molar-refractivity contribution is -0.125. The summed E-state index contributed by atoms with van der Waals surface area (Å²) in [5.41, 5.74) is 5.69. The third-order valence-corrected chi connectivity index (χ3v) is 4.00. The minimum Gasteiger partial charge on any atom is -0.356 e. The van der Waals surface area contributed by atoms with E-state index in [9.17, 15) is 4.79 Å². The van der Waals surface area contributed by atoms with E-state index in [-0.39, 0.29) is 17.9 Å². The molecule has 0 spiro atoms. The minimum atomic E-state index is 0.171. The summed E-state index contributed by atoms with van der Waals surface area (Å²) in [7, 11) is 0. The van der Waals surface area contributed by atoms with Crippen molar-refractivity contribution in [3.63, 3.8) is 0 Å². The predicted molar refractivity (Wildman–Crippen MR) is 76.2 cm³/mol. The summed E-state index contributed by atoms with van der Waals surface area (Å²) >= 11 is 0. The van der Waals surface area contributed by atoms with Crippen LogP contribution in [0.5, 0.6) is 0 Å². The fourth-order valence-corrected chi connectivity index (χ4v) is 2.92. The third-order valence-electron chi connectivity index (χ3n) is 4.00. The fraction of sp³-hybridized carbons (Fsp3) is 0.933. The van der Waals surface area contributed by atoms with Crippen LogP contribution in [0.4, 0.5) is 0 Å². The largest absolute Gasteiger partial charge is 0.356 e. The zero-order chi connectivity index (χ0) is 13.4. The van der Waals surface area contributed by atoms with Crippen molar-refractivity contribution in [2.45, 2.75) is 71.3 Å². The summed E-state index contributed by atoms with van der Waals surface area (Å²) in [6.45, 7) is 4.87. The van der Waals surface area contributed by atoms with E-state index >= 15 is 0 Å². The number of rotatable bonds is 8. The van der Waals surface area contributed by atoms with Gasteiger partial charge in [0.2, 0.25) is 5.91 Å². The maximum Gasteiger partial charge on any atom is 0.223 e. The maximum atomic E-state index is 12.2. The molecule has 1 saturated carbocycles. The quantitative estimate of drug-likeness (QED) is 0.700. The molecule has 2 unspecified atom stereocenters. The number of nitrogens with two attached hydrogens (primary N) is 1. The Bertz CT molecular complexity index is 235. The third kappa shape index (κ3) is 5.85. The predicted octanol–water partition coefficient (Wildman–Crippen LogP) is 2.84. The molecular formula is C15H30N2O. The molecule has 18 heavy (non-hydrogen) atoms. The van der Waals surface area contributed by atoms with Crippen LogP contribution >= 0.6 is 0 Å². The molecular weight excluding hydrogens is 224 g/mol. The number of carbonyl (C=O) groups excluding carboxylic acids is 1. The number of amides is 1. The van der Waals surface area contributed by atoms with Gasteiger partial charge in [0.15, 0.2) is 0 Å². The highest BCUT2D eigenvalue weighted by Crippen LogP contribution is 2.31. The van der Waals surface area contributed by atoms with Crippen molar-refractivity contribution in [2.75, 3.05) is 6.54 Å². The van der Waals surface area contributed by atoms with Gasteiger partial charge in [-0.05, 0) is 32.1 Å². The van der Waals surface area contributed by atoms with Gasteiger partial charge in [0.05, 0.1) is 0 Å². The normalized spacial score (nSPS) is 19.7. The highest BCUT2D eigenvalue weighted by Gasteiger charge is 2.24. The number of carbonyl (C=O) groups is 1. The monoisotopic (exact) mass is 254 g/mol. The van der Waals surface area contributed by atoms with Crippen molar-refractivity contribution >= 4 is 5.91 Å². The number of nitrogens with one attached hydrogen (secondary N) is 1. The van der Waals surface area contributed by atoms with E-state index in [0.717, 1.165) is 38.1 Å². The molecule has 1 fully saturated rings. The second-order valence-corrected chi connectivity index (χ2v) is 5.93. The van der Waals surface area contributed by atoms with Crippen LogP contribution in [0, 0.1) is 11.8 Å². The lowest BCUT2D eigenvalue weighted by Crippen LogP contribution is -2.34. The molecule has 0 aromatic carbocycles. The van der Waals surface area contributed by atoms with E-state index in [4.69, 9.17) is 5.73 Å². The van der Waals surface area contributed by atoms with E-state index in [1.54, 1.807) is 0 Å². The first-order chi connectivity index (χ1) is 8.63. The number of hydrogen-bond acceptors (Lipinski definition) is 2. The van der Waals surface area contributed by atoms with Crippen molar-refractivity contribution in [1.82, 2.24) is 5.32 Å². The Balaban J connectivity index is 2.31. The van der Waals surface area contributed by atoms with Crippen LogP contribution in [0.25, 0.3) is 0 Å². The van der Waals surface area contributed by atoms with Crippen LogP contribution in [0.2, 0.25) is 0 Å². The second kappa shape index (κ2) is 8.52. The van der Waals surface area contributed by atoms with Crippen molar-refractivity contribution in [1.29, 1.82) is 0 Å². The highest BCUT2D eigenvalue weighted by atomic mass is 16.1. The molecule has 0 saturated heterocycles. The van der Waals surface area contributed by atoms with Gasteiger partial charge in [-0.15, -0.1) is 0 Å². The SMILES string of the molecule is CCCC(CC1CCCC1)C(=O)NCCC(C)N. The minimum absolute atomic E-state index is 0.171. The Labute approximate surface area is 112 Å². The van der Waals surface area contributed by atoms with Gasteiger partial charge >= 0.3 is 0 Å². The van der Waals surface area contributed by atoms with E-state index in [1.165, 1.54) is 25.7 Å². The molecule has 1 rings (SSSR count). The fourth-order valence-electron chi connectivity index (χ4n) is 2.92. The molecule has 0 bridgehead atoms. The van der Waals surface area contributed by atoms with Gasteiger partial charge < -0.3 is 11.1 Å². The van der Waals surface area contributed by atoms with E-state index in [2.05, 4.69) is 12.2 Å². The molecule has 1 amide bonds. The van der Waals surface area contributed by atoms with Crippen molar-refractivity contribution in [3.05, 3.63) is 0 Å². The van der Waals surface area contributed by atoms with Gasteiger partial charge in [-0.2, -0.15) is 0 Å². The van der Waals surface area contributed by atoms with Crippen LogP contribution < -0.4 is 11.1 Å². The Morgan fingerprint density at radius 1 is 1.33 bits per heavy atom. The molecule has 106 valence electrons. The Kier molecular flexibility index (Phi) is 7.33. The first-order valence-corrected chi connectivity index (χ1v) is 7.66. The average molecular weight is 254 g/mol. The van der Waals surface area contributed by atoms with Crippen LogP contribution in [0.15, 0.2) is 0 Å². The molecule has 0 aromatic rings. The van der Waals surface area contributed by atoms with Crippen molar-refractivity contribution in [3.8, 4) is 0 Å². The first kappa shape index (κ1) is 15.5. The zero-order valence-corrected chi connectivity index (χ0v) is 12.1.